The average Bonchev–Trinajstić information content (AvgIpc) is 2.76. The molecule has 0 spiro atoms. The Labute approximate surface area is 116 Å². The van der Waals surface area contributed by atoms with Gasteiger partial charge in [0.1, 0.15) is 0 Å². The van der Waals surface area contributed by atoms with Gasteiger partial charge in [0.15, 0.2) is 5.54 Å². The molecule has 6 N–H and O–H groups in total. The van der Waals surface area contributed by atoms with Crippen molar-refractivity contribution in [3.63, 3.8) is 0 Å². The molecule has 0 unspecified atom stereocenters. The summed E-state index contributed by atoms with van der Waals surface area (Å²) in [5, 5.41) is 5.07. The molecule has 1 aliphatic heterocycles. The van der Waals surface area contributed by atoms with Crippen LogP contribution in [0.3, 0.4) is 0 Å². The summed E-state index contributed by atoms with van der Waals surface area (Å²) >= 11 is 0. The van der Waals surface area contributed by atoms with Crippen LogP contribution >= 0.6 is 0 Å². The smallest absolute Gasteiger partial charge is 0.322 e. The van der Waals surface area contributed by atoms with Crippen molar-refractivity contribution in [2.45, 2.75) is 5.54 Å². The summed E-state index contributed by atoms with van der Waals surface area (Å²) in [6.45, 7) is 0. The number of rotatable bonds is 2. The zero-order valence-corrected chi connectivity index (χ0v) is 11.1. The number of carbonyl (C=O) groups is 2. The van der Waals surface area contributed by atoms with Crippen molar-refractivity contribution >= 4 is 11.9 Å². The van der Waals surface area contributed by atoms with Crippen molar-refractivity contribution < 1.29 is 9.59 Å². The van der Waals surface area contributed by atoms with Gasteiger partial charge in [0.2, 0.25) is 0 Å². The highest BCUT2D eigenvalue weighted by Crippen LogP contribution is 2.32. The summed E-state index contributed by atoms with van der Waals surface area (Å²) in [5.41, 5.74) is 0.341. The molecule has 0 aromatic heterocycles. The molecule has 5 nitrogen and oxygen atoms in total. The first-order valence-corrected chi connectivity index (χ1v) is 5.98. The second-order valence-corrected chi connectivity index (χ2v) is 4.39. The van der Waals surface area contributed by atoms with Gasteiger partial charge in [-0.15, -0.1) is 0 Å². The molecule has 2 aromatic rings. The van der Waals surface area contributed by atoms with Gasteiger partial charge in [-0.1, -0.05) is 60.7 Å². The molecular weight excluding hydrogens is 254 g/mol. The number of urea groups is 1. The minimum absolute atomic E-state index is 0. The first-order chi connectivity index (χ1) is 9.23. The van der Waals surface area contributed by atoms with E-state index in [4.69, 9.17) is 0 Å². The van der Waals surface area contributed by atoms with Gasteiger partial charge in [-0.3, -0.25) is 10.1 Å². The lowest BCUT2D eigenvalue weighted by Crippen LogP contribution is -2.44. The number of hydrogen-bond acceptors (Lipinski definition) is 2. The number of quaternary nitrogens is 1. The van der Waals surface area contributed by atoms with Gasteiger partial charge in [-0.2, -0.15) is 0 Å². The van der Waals surface area contributed by atoms with Crippen LogP contribution in [0.15, 0.2) is 60.7 Å². The number of benzene rings is 2. The third kappa shape index (κ3) is 1.94. The number of imide groups is 1. The number of hydrogen-bond donors (Lipinski definition) is 3. The van der Waals surface area contributed by atoms with Gasteiger partial charge in [-0.05, 0) is 11.1 Å². The van der Waals surface area contributed by atoms with E-state index in [9.17, 15) is 9.59 Å². The largest absolute Gasteiger partial charge is 0.369 e. The molecule has 0 atom stereocenters. The minimum atomic E-state index is -1.14. The van der Waals surface area contributed by atoms with E-state index in [1.54, 1.807) is 0 Å². The van der Waals surface area contributed by atoms with Gasteiger partial charge in [0.05, 0.1) is 0 Å². The molecule has 3 rings (SSSR count). The van der Waals surface area contributed by atoms with E-state index < -0.39 is 11.6 Å². The van der Waals surface area contributed by atoms with E-state index in [2.05, 4.69) is 10.6 Å². The number of carbonyl (C=O) groups excluding carboxylic acids is 2. The average molecular weight is 270 g/mol. The molecule has 0 aliphatic carbocycles. The lowest BCUT2D eigenvalue weighted by molar-refractivity contribution is -0.122. The van der Waals surface area contributed by atoms with Crippen LogP contribution in [0.25, 0.3) is 0 Å². The predicted molar refractivity (Wildman–Crippen MR) is 76.3 cm³/mol. The minimum Gasteiger partial charge on any atom is -0.369 e. The second-order valence-electron chi connectivity index (χ2n) is 4.39. The van der Waals surface area contributed by atoms with Crippen LogP contribution in [0, 0.1) is 0 Å². The van der Waals surface area contributed by atoms with E-state index >= 15 is 0 Å². The van der Waals surface area contributed by atoms with E-state index in [1.165, 1.54) is 0 Å². The van der Waals surface area contributed by atoms with Crippen LogP contribution in [-0.2, 0) is 10.3 Å². The second kappa shape index (κ2) is 5.14. The first-order valence-electron chi connectivity index (χ1n) is 5.98. The lowest BCUT2D eigenvalue weighted by atomic mass is 9.83. The summed E-state index contributed by atoms with van der Waals surface area (Å²) in [7, 11) is 0. The van der Waals surface area contributed by atoms with Gasteiger partial charge >= 0.3 is 6.03 Å². The molecule has 20 heavy (non-hydrogen) atoms. The molecule has 0 radical (unpaired) electrons. The number of amides is 3. The maximum absolute atomic E-state index is 12.3. The molecule has 1 aliphatic rings. The molecule has 5 heteroatoms. The standard InChI is InChI=1S/C15H12N2O2.H3N/c18-13-15(17-14(19)16-13,11-7-3-1-4-8-11)12-9-5-2-6-10-12;/h1-10H,(H2,16,17,18,19);1H3/p+1. The molecule has 0 bridgehead atoms. The van der Waals surface area contributed by atoms with Gasteiger partial charge < -0.3 is 11.5 Å². The topological polar surface area (TPSA) is 94.7 Å². The van der Waals surface area contributed by atoms with E-state index in [0.29, 0.717) is 0 Å². The Balaban J connectivity index is 0.00000147. The fourth-order valence-electron chi connectivity index (χ4n) is 2.40. The number of nitrogens with one attached hydrogen (secondary N) is 2. The first kappa shape index (κ1) is 13.8. The summed E-state index contributed by atoms with van der Waals surface area (Å²) < 4.78 is 0. The predicted octanol–water partition coefficient (Wildman–Crippen LogP) is 2.15. The summed E-state index contributed by atoms with van der Waals surface area (Å²) in [6, 6.07) is 18.0. The third-order valence-corrected chi connectivity index (χ3v) is 3.28. The molecular formula is C15H16N3O2+. The van der Waals surface area contributed by atoms with Crippen molar-refractivity contribution in [3.05, 3.63) is 71.8 Å². The SMILES string of the molecule is O=C1NC(=O)C(c2ccccc2)(c2ccccc2)N1.[NH4+]. The van der Waals surface area contributed by atoms with Crippen molar-refractivity contribution in [2.24, 2.45) is 0 Å². The summed E-state index contributed by atoms with van der Waals surface area (Å²) in [4.78, 5) is 23.9. The fourth-order valence-corrected chi connectivity index (χ4v) is 2.40. The third-order valence-electron chi connectivity index (χ3n) is 3.28. The molecule has 3 amide bonds. The maximum atomic E-state index is 12.3. The van der Waals surface area contributed by atoms with Crippen LogP contribution in [0.4, 0.5) is 4.79 Å². The van der Waals surface area contributed by atoms with Crippen LogP contribution in [0.5, 0.6) is 0 Å². The highest BCUT2D eigenvalue weighted by Gasteiger charge is 2.48. The van der Waals surface area contributed by atoms with Crippen molar-refractivity contribution in [2.75, 3.05) is 0 Å². The van der Waals surface area contributed by atoms with E-state index in [-0.39, 0.29) is 12.1 Å². The van der Waals surface area contributed by atoms with Crippen LogP contribution in [0.2, 0.25) is 0 Å². The summed E-state index contributed by atoms with van der Waals surface area (Å²) in [6.07, 6.45) is 0. The Kier molecular flexibility index (Phi) is 3.54. The fraction of sp³-hybridized carbons (Fsp3) is 0.0667. The molecule has 1 heterocycles. The molecule has 1 saturated heterocycles. The monoisotopic (exact) mass is 270 g/mol. The summed E-state index contributed by atoms with van der Waals surface area (Å²) in [5.74, 6) is -0.352. The Morgan fingerprint density at radius 1 is 0.750 bits per heavy atom. The van der Waals surface area contributed by atoms with Crippen molar-refractivity contribution in [1.82, 2.24) is 16.8 Å². The zero-order valence-electron chi connectivity index (χ0n) is 11.1. The van der Waals surface area contributed by atoms with E-state index in [1.807, 2.05) is 60.7 Å². The van der Waals surface area contributed by atoms with E-state index in [0.717, 1.165) is 11.1 Å². The highest BCUT2D eigenvalue weighted by molar-refractivity contribution is 6.09. The Morgan fingerprint density at radius 2 is 1.20 bits per heavy atom. The highest BCUT2D eigenvalue weighted by atomic mass is 16.2. The van der Waals surface area contributed by atoms with Crippen LogP contribution in [-0.4, -0.2) is 11.9 Å². The zero-order chi connectivity index (χ0) is 13.3. The maximum Gasteiger partial charge on any atom is 0.322 e. The molecule has 2 aromatic carbocycles. The normalized spacial score (nSPS) is 16.0. The lowest BCUT2D eigenvalue weighted by Gasteiger charge is -2.27. The quantitative estimate of drug-likeness (QED) is 0.729. The molecule has 1 fully saturated rings. The van der Waals surface area contributed by atoms with Crippen molar-refractivity contribution in [3.8, 4) is 0 Å². The molecule has 102 valence electrons. The molecule has 0 saturated carbocycles. The van der Waals surface area contributed by atoms with Gasteiger partial charge in [0, 0.05) is 0 Å². The van der Waals surface area contributed by atoms with Crippen LogP contribution < -0.4 is 16.8 Å². The Bertz CT molecular complexity index is 587. The van der Waals surface area contributed by atoms with Gasteiger partial charge in [0.25, 0.3) is 5.91 Å². The Morgan fingerprint density at radius 3 is 1.55 bits per heavy atom. The van der Waals surface area contributed by atoms with Crippen molar-refractivity contribution in [1.29, 1.82) is 0 Å². The van der Waals surface area contributed by atoms with Crippen LogP contribution in [0.1, 0.15) is 11.1 Å². The van der Waals surface area contributed by atoms with Gasteiger partial charge in [-0.25, -0.2) is 4.79 Å². The Hall–Kier alpha value is -2.66.